The number of ether oxygens (including phenoxy) is 1. The first-order valence-electron chi connectivity index (χ1n) is 11.8. The van der Waals surface area contributed by atoms with Crippen LogP contribution in [-0.2, 0) is 10.4 Å². The summed E-state index contributed by atoms with van der Waals surface area (Å²) in [7, 11) is 0. The van der Waals surface area contributed by atoms with Gasteiger partial charge in [0.2, 0.25) is 0 Å². The van der Waals surface area contributed by atoms with Gasteiger partial charge in [-0.25, -0.2) is 0 Å². The standard InChI is InChI=1S/C25H35NO4/c1-6-10-18(2)17-30-21-15-13-19(14-16-21)22(24(3,4)28)26-23(27)25(5,29)20-11-8-7-9-12-20/h7-9,11-16,18,22,28-29H,6,10,17H2,1-5H3,(H,26,27)/t18-,22+,25+/m0/s1/i5D3. The molecule has 2 aromatic rings. The quantitative estimate of drug-likeness (QED) is 0.538. The maximum absolute atomic E-state index is 13.2. The zero-order chi connectivity index (χ0) is 24.9. The van der Waals surface area contributed by atoms with Crippen LogP contribution in [0.3, 0.4) is 0 Å². The number of hydrogen-bond acceptors (Lipinski definition) is 4. The third-order valence-corrected chi connectivity index (χ3v) is 5.03. The van der Waals surface area contributed by atoms with Crippen LogP contribution in [0.1, 0.15) is 68.7 Å². The second-order valence-corrected chi connectivity index (χ2v) is 8.41. The van der Waals surface area contributed by atoms with Crippen LogP contribution in [0.5, 0.6) is 5.75 Å². The summed E-state index contributed by atoms with van der Waals surface area (Å²) in [6.45, 7) is 4.81. The summed E-state index contributed by atoms with van der Waals surface area (Å²) in [5.74, 6) is -0.0333. The monoisotopic (exact) mass is 416 g/mol. The van der Waals surface area contributed by atoms with Gasteiger partial charge in [-0.1, -0.05) is 62.7 Å². The second-order valence-electron chi connectivity index (χ2n) is 8.41. The molecule has 0 aliphatic heterocycles. The molecular formula is C25H35NO4. The fourth-order valence-corrected chi connectivity index (χ4v) is 3.28. The summed E-state index contributed by atoms with van der Waals surface area (Å²) < 4.78 is 29.3. The fraction of sp³-hybridized carbons (Fsp3) is 0.480. The van der Waals surface area contributed by atoms with Crippen molar-refractivity contribution in [3.8, 4) is 5.75 Å². The van der Waals surface area contributed by atoms with Gasteiger partial charge in [0.15, 0.2) is 5.60 Å². The highest BCUT2D eigenvalue weighted by molar-refractivity contribution is 5.86. The first-order valence-corrected chi connectivity index (χ1v) is 10.3. The summed E-state index contributed by atoms with van der Waals surface area (Å²) in [5.41, 5.74) is -3.73. The molecule has 0 saturated heterocycles. The normalized spacial score (nSPS) is 17.6. The highest BCUT2D eigenvalue weighted by atomic mass is 16.5. The zero-order valence-electron chi connectivity index (χ0n) is 21.2. The van der Waals surface area contributed by atoms with E-state index in [0.717, 1.165) is 12.8 Å². The van der Waals surface area contributed by atoms with Gasteiger partial charge in [0.25, 0.3) is 5.91 Å². The lowest BCUT2D eigenvalue weighted by Gasteiger charge is -2.33. The Balaban J connectivity index is 2.29. The number of carbonyl (C=O) groups is 1. The molecule has 1 amide bonds. The number of amides is 1. The van der Waals surface area contributed by atoms with Crippen LogP contribution in [0.4, 0.5) is 0 Å². The van der Waals surface area contributed by atoms with Crippen LogP contribution in [0.25, 0.3) is 0 Å². The van der Waals surface area contributed by atoms with Crippen molar-refractivity contribution in [1.29, 1.82) is 0 Å². The summed E-state index contributed by atoms with van der Waals surface area (Å²) in [5, 5.41) is 24.4. The summed E-state index contributed by atoms with van der Waals surface area (Å²) >= 11 is 0. The summed E-state index contributed by atoms with van der Waals surface area (Å²) in [6.07, 6.45) is 2.15. The molecule has 2 rings (SSSR count). The highest BCUT2D eigenvalue weighted by Crippen LogP contribution is 2.29. The Morgan fingerprint density at radius 1 is 1.13 bits per heavy atom. The molecule has 0 spiro atoms. The third kappa shape index (κ3) is 6.31. The minimum Gasteiger partial charge on any atom is -0.493 e. The number of aliphatic hydroxyl groups is 2. The van der Waals surface area contributed by atoms with Gasteiger partial charge in [-0.3, -0.25) is 4.79 Å². The molecule has 5 nitrogen and oxygen atoms in total. The molecule has 3 atom stereocenters. The smallest absolute Gasteiger partial charge is 0.256 e. The van der Waals surface area contributed by atoms with E-state index in [0.29, 0.717) is 23.8 Å². The molecule has 2 aromatic carbocycles. The molecule has 0 aromatic heterocycles. The Labute approximate surface area is 184 Å². The Bertz CT molecular complexity index is 895. The molecule has 0 aliphatic carbocycles. The molecule has 0 saturated carbocycles. The minimum absolute atomic E-state index is 0.0538. The van der Waals surface area contributed by atoms with E-state index < -0.39 is 30.0 Å². The number of nitrogens with one attached hydrogen (secondary N) is 1. The van der Waals surface area contributed by atoms with Gasteiger partial charge in [-0.05, 0) is 56.3 Å². The average Bonchev–Trinajstić information content (AvgIpc) is 2.75. The van der Waals surface area contributed by atoms with E-state index in [1.54, 1.807) is 42.5 Å². The number of carbonyl (C=O) groups excluding carboxylic acids is 1. The Hall–Kier alpha value is -2.37. The molecule has 0 bridgehead atoms. The molecular weight excluding hydrogens is 378 g/mol. The number of hydrogen-bond donors (Lipinski definition) is 3. The third-order valence-electron chi connectivity index (χ3n) is 5.03. The summed E-state index contributed by atoms with van der Waals surface area (Å²) in [6, 6.07) is 13.5. The fourth-order valence-electron chi connectivity index (χ4n) is 3.28. The van der Waals surface area contributed by atoms with Crippen molar-refractivity contribution in [3.05, 3.63) is 65.7 Å². The molecule has 5 heteroatoms. The minimum atomic E-state index is -3.03. The second kappa shape index (κ2) is 10.1. The maximum atomic E-state index is 13.2. The first kappa shape index (κ1) is 19.6. The van der Waals surface area contributed by atoms with E-state index in [1.807, 2.05) is 0 Å². The first-order chi connectivity index (χ1) is 15.3. The molecule has 0 radical (unpaired) electrons. The van der Waals surface area contributed by atoms with E-state index in [4.69, 9.17) is 8.85 Å². The van der Waals surface area contributed by atoms with E-state index in [2.05, 4.69) is 19.2 Å². The SMILES string of the molecule is [2H]C([2H])([2H])[C@](O)(C(=O)N[C@H](c1ccc(OC[C@@H](C)CCC)cc1)C(C)(C)O)c1ccccc1. The lowest BCUT2D eigenvalue weighted by molar-refractivity contribution is -0.141. The van der Waals surface area contributed by atoms with Crippen LogP contribution < -0.4 is 10.1 Å². The van der Waals surface area contributed by atoms with Crippen LogP contribution >= 0.6 is 0 Å². The topological polar surface area (TPSA) is 78.8 Å². The van der Waals surface area contributed by atoms with E-state index in [9.17, 15) is 15.0 Å². The van der Waals surface area contributed by atoms with Crippen LogP contribution in [0.15, 0.2) is 54.6 Å². The van der Waals surface area contributed by atoms with Crippen LogP contribution in [0, 0.1) is 5.92 Å². The lowest BCUT2D eigenvalue weighted by Crippen LogP contribution is -2.49. The molecule has 0 fully saturated rings. The largest absolute Gasteiger partial charge is 0.493 e. The predicted molar refractivity (Wildman–Crippen MR) is 119 cm³/mol. The van der Waals surface area contributed by atoms with Gasteiger partial charge in [-0.15, -0.1) is 0 Å². The summed E-state index contributed by atoms with van der Waals surface area (Å²) in [4.78, 5) is 13.2. The van der Waals surface area contributed by atoms with Crippen LogP contribution in [0.2, 0.25) is 0 Å². The van der Waals surface area contributed by atoms with Crippen molar-refractivity contribution in [1.82, 2.24) is 5.32 Å². The van der Waals surface area contributed by atoms with Crippen molar-refractivity contribution in [2.45, 2.75) is 64.6 Å². The Morgan fingerprint density at radius 2 is 1.77 bits per heavy atom. The lowest BCUT2D eigenvalue weighted by atomic mass is 9.89. The van der Waals surface area contributed by atoms with Gasteiger partial charge >= 0.3 is 0 Å². The van der Waals surface area contributed by atoms with Crippen molar-refractivity contribution in [2.75, 3.05) is 6.61 Å². The van der Waals surface area contributed by atoms with E-state index in [-0.39, 0.29) is 5.56 Å². The van der Waals surface area contributed by atoms with Crippen LogP contribution in [-0.4, -0.2) is 28.3 Å². The van der Waals surface area contributed by atoms with Gasteiger partial charge in [0, 0.05) is 4.11 Å². The maximum Gasteiger partial charge on any atom is 0.256 e. The van der Waals surface area contributed by atoms with Gasteiger partial charge < -0.3 is 20.3 Å². The Kier molecular flexibility index (Phi) is 6.59. The number of rotatable bonds is 10. The van der Waals surface area contributed by atoms with Gasteiger partial charge in [0.1, 0.15) is 5.75 Å². The molecule has 164 valence electrons. The molecule has 30 heavy (non-hydrogen) atoms. The van der Waals surface area contributed by atoms with Gasteiger partial charge in [0.05, 0.1) is 18.2 Å². The molecule has 0 aliphatic rings. The Morgan fingerprint density at radius 3 is 2.30 bits per heavy atom. The van der Waals surface area contributed by atoms with Crippen molar-refractivity contribution >= 4 is 5.91 Å². The average molecular weight is 417 g/mol. The molecule has 3 N–H and O–H groups in total. The van der Waals surface area contributed by atoms with Crippen molar-refractivity contribution in [2.24, 2.45) is 5.92 Å². The predicted octanol–water partition coefficient (Wildman–Crippen LogP) is 4.34. The van der Waals surface area contributed by atoms with Gasteiger partial charge in [-0.2, -0.15) is 0 Å². The molecule has 0 unspecified atom stereocenters. The van der Waals surface area contributed by atoms with E-state index >= 15 is 0 Å². The molecule has 0 heterocycles. The van der Waals surface area contributed by atoms with Crippen molar-refractivity contribution in [3.63, 3.8) is 0 Å². The highest BCUT2D eigenvalue weighted by Gasteiger charge is 2.37. The van der Waals surface area contributed by atoms with Crippen molar-refractivity contribution < 1.29 is 23.9 Å². The zero-order valence-corrected chi connectivity index (χ0v) is 18.2. The van der Waals surface area contributed by atoms with E-state index in [1.165, 1.54) is 26.0 Å². The number of benzene rings is 2.